The maximum absolute atomic E-state index is 5.49. The van der Waals surface area contributed by atoms with Gasteiger partial charge in [0.1, 0.15) is 5.82 Å². The lowest BCUT2D eigenvalue weighted by Crippen LogP contribution is -2.44. The summed E-state index contributed by atoms with van der Waals surface area (Å²) in [6.07, 6.45) is 2.76. The Kier molecular flexibility index (Phi) is 6.80. The third kappa shape index (κ3) is 4.72. The number of hydrogen-bond donors (Lipinski definition) is 1. The van der Waals surface area contributed by atoms with E-state index in [0.717, 1.165) is 54.9 Å². The van der Waals surface area contributed by atoms with Crippen molar-refractivity contribution in [3.05, 3.63) is 47.2 Å². The lowest BCUT2D eigenvalue weighted by molar-refractivity contribution is 0.346. The molecule has 0 spiro atoms. The van der Waals surface area contributed by atoms with Gasteiger partial charge in [0.25, 0.3) is 0 Å². The van der Waals surface area contributed by atoms with Gasteiger partial charge in [0.05, 0.1) is 20.8 Å². The molecule has 3 rings (SSSR count). The Labute approximate surface area is 173 Å². The quantitative estimate of drug-likeness (QED) is 0.597. The van der Waals surface area contributed by atoms with Gasteiger partial charge in [0, 0.05) is 45.5 Å². The van der Waals surface area contributed by atoms with Crippen LogP contribution in [-0.2, 0) is 19.5 Å². The van der Waals surface area contributed by atoms with Crippen LogP contribution in [0.1, 0.15) is 23.6 Å². The summed E-state index contributed by atoms with van der Waals surface area (Å²) in [5.41, 5.74) is 3.66. The molecule has 1 N–H and O–H groups in total. The van der Waals surface area contributed by atoms with Crippen molar-refractivity contribution < 1.29 is 9.47 Å². The summed E-state index contributed by atoms with van der Waals surface area (Å²) in [5.74, 6) is 3.42. The van der Waals surface area contributed by atoms with Gasteiger partial charge >= 0.3 is 0 Å². The van der Waals surface area contributed by atoms with Gasteiger partial charge < -0.3 is 24.6 Å². The number of aromatic nitrogens is 1. The molecule has 0 unspecified atom stereocenters. The first-order valence-electron chi connectivity index (χ1n) is 9.95. The fourth-order valence-electron chi connectivity index (χ4n) is 3.61. The molecule has 0 amide bonds. The van der Waals surface area contributed by atoms with Gasteiger partial charge in [-0.15, -0.1) is 0 Å². The Bertz CT molecular complexity index is 866. The Morgan fingerprint density at radius 2 is 1.93 bits per heavy atom. The molecule has 2 aromatic rings. The number of hydrogen-bond acceptors (Lipinski definition) is 5. The van der Waals surface area contributed by atoms with Crippen LogP contribution in [0.15, 0.2) is 35.5 Å². The molecule has 1 aromatic carbocycles. The molecule has 7 nitrogen and oxygen atoms in total. The van der Waals surface area contributed by atoms with Crippen molar-refractivity contribution in [2.75, 3.05) is 46.3 Å². The molecule has 1 aliphatic rings. The monoisotopic (exact) mass is 397 g/mol. The highest BCUT2D eigenvalue weighted by Crippen LogP contribution is 2.33. The molecule has 0 fully saturated rings. The zero-order valence-corrected chi connectivity index (χ0v) is 18.0. The van der Waals surface area contributed by atoms with E-state index >= 15 is 0 Å². The van der Waals surface area contributed by atoms with Crippen LogP contribution in [0.3, 0.4) is 0 Å². The van der Waals surface area contributed by atoms with Crippen molar-refractivity contribution in [3.8, 4) is 11.5 Å². The number of rotatable bonds is 6. The van der Waals surface area contributed by atoms with Gasteiger partial charge in [0.15, 0.2) is 17.5 Å². The molecular weight excluding hydrogens is 366 g/mol. The third-order valence-electron chi connectivity index (χ3n) is 5.04. The van der Waals surface area contributed by atoms with E-state index in [1.54, 1.807) is 14.2 Å². The van der Waals surface area contributed by atoms with Gasteiger partial charge in [0.2, 0.25) is 0 Å². The SMILES string of the molecule is CCNC(=NCc1cccnc1N(C)C)N1CCc2cc(OC)c(OC)cc2C1. The number of aliphatic imine (C=N–C) groups is 1. The van der Waals surface area contributed by atoms with Crippen molar-refractivity contribution in [1.82, 2.24) is 15.2 Å². The Hall–Kier alpha value is -2.96. The average Bonchev–Trinajstić information content (AvgIpc) is 2.75. The Morgan fingerprint density at radius 1 is 1.21 bits per heavy atom. The van der Waals surface area contributed by atoms with Crippen LogP contribution in [0.4, 0.5) is 5.82 Å². The van der Waals surface area contributed by atoms with Gasteiger partial charge in [-0.3, -0.25) is 0 Å². The summed E-state index contributed by atoms with van der Waals surface area (Å²) < 4.78 is 10.9. The number of anilines is 1. The van der Waals surface area contributed by atoms with Crippen LogP contribution in [0.25, 0.3) is 0 Å². The summed E-state index contributed by atoms with van der Waals surface area (Å²) >= 11 is 0. The smallest absolute Gasteiger partial charge is 0.194 e. The van der Waals surface area contributed by atoms with Crippen LogP contribution in [0.2, 0.25) is 0 Å². The first-order chi connectivity index (χ1) is 14.1. The van der Waals surface area contributed by atoms with Crippen LogP contribution >= 0.6 is 0 Å². The van der Waals surface area contributed by atoms with Crippen molar-refractivity contribution in [1.29, 1.82) is 0 Å². The van der Waals surface area contributed by atoms with E-state index < -0.39 is 0 Å². The zero-order valence-electron chi connectivity index (χ0n) is 18.0. The van der Waals surface area contributed by atoms with Crippen molar-refractivity contribution in [3.63, 3.8) is 0 Å². The van der Waals surface area contributed by atoms with Gasteiger partial charge in [-0.2, -0.15) is 0 Å². The molecule has 0 radical (unpaired) electrons. The summed E-state index contributed by atoms with van der Waals surface area (Å²) in [6, 6.07) is 8.21. The van der Waals surface area contributed by atoms with Crippen molar-refractivity contribution in [2.45, 2.75) is 26.4 Å². The van der Waals surface area contributed by atoms with Crippen LogP contribution in [0.5, 0.6) is 11.5 Å². The van der Waals surface area contributed by atoms with E-state index in [-0.39, 0.29) is 0 Å². The fraction of sp³-hybridized carbons (Fsp3) is 0.455. The highest BCUT2D eigenvalue weighted by Gasteiger charge is 2.21. The minimum atomic E-state index is 0.582. The molecule has 0 atom stereocenters. The third-order valence-corrected chi connectivity index (χ3v) is 5.04. The second-order valence-corrected chi connectivity index (χ2v) is 7.20. The number of ether oxygens (including phenoxy) is 2. The molecule has 0 saturated heterocycles. The number of guanidine groups is 1. The van der Waals surface area contributed by atoms with E-state index in [2.05, 4.69) is 40.3 Å². The summed E-state index contributed by atoms with van der Waals surface area (Å²) in [7, 11) is 7.36. The number of methoxy groups -OCH3 is 2. The molecular formula is C22H31N5O2. The first kappa shape index (κ1) is 20.8. The maximum Gasteiger partial charge on any atom is 0.194 e. The lowest BCUT2D eigenvalue weighted by Gasteiger charge is -2.32. The van der Waals surface area contributed by atoms with Crippen molar-refractivity contribution >= 4 is 11.8 Å². The van der Waals surface area contributed by atoms with Crippen molar-refractivity contribution in [2.24, 2.45) is 4.99 Å². The van der Waals surface area contributed by atoms with Crippen LogP contribution in [0, 0.1) is 0 Å². The molecule has 0 bridgehead atoms. The van der Waals surface area contributed by atoms with Gasteiger partial charge in [-0.05, 0) is 42.7 Å². The van der Waals surface area contributed by atoms with Crippen LogP contribution in [-0.4, -0.2) is 57.2 Å². The minimum Gasteiger partial charge on any atom is -0.493 e. The van der Waals surface area contributed by atoms with Gasteiger partial charge in [-0.25, -0.2) is 9.98 Å². The second-order valence-electron chi connectivity index (χ2n) is 7.20. The Morgan fingerprint density at radius 3 is 2.59 bits per heavy atom. The van der Waals surface area contributed by atoms with E-state index in [9.17, 15) is 0 Å². The minimum absolute atomic E-state index is 0.582. The number of benzene rings is 1. The molecule has 1 aromatic heterocycles. The molecule has 29 heavy (non-hydrogen) atoms. The molecule has 2 heterocycles. The van der Waals surface area contributed by atoms with E-state index in [1.165, 1.54) is 11.1 Å². The second kappa shape index (κ2) is 9.49. The Balaban J connectivity index is 1.83. The van der Waals surface area contributed by atoms with Gasteiger partial charge in [-0.1, -0.05) is 6.07 Å². The number of nitrogens with zero attached hydrogens (tertiary/aromatic N) is 4. The predicted octanol–water partition coefficient (Wildman–Crippen LogP) is 2.69. The standard InChI is InChI=1S/C22H31N5O2/c1-6-23-22(25-14-17-8-7-10-24-21(17)26(2)3)27-11-9-16-12-19(28-4)20(29-5)13-18(16)15-27/h7-8,10,12-13H,6,9,11,14-15H2,1-5H3,(H,23,25). The fourth-order valence-corrected chi connectivity index (χ4v) is 3.61. The first-order valence-corrected chi connectivity index (χ1v) is 9.95. The van der Waals surface area contributed by atoms with Crippen LogP contribution < -0.4 is 19.7 Å². The van der Waals surface area contributed by atoms with E-state index in [4.69, 9.17) is 14.5 Å². The average molecular weight is 398 g/mol. The molecule has 156 valence electrons. The highest BCUT2D eigenvalue weighted by molar-refractivity contribution is 5.80. The summed E-state index contributed by atoms with van der Waals surface area (Å²) in [4.78, 5) is 13.7. The zero-order chi connectivity index (χ0) is 20.8. The topological polar surface area (TPSA) is 62.2 Å². The highest BCUT2D eigenvalue weighted by atomic mass is 16.5. The van der Waals surface area contributed by atoms with E-state index in [0.29, 0.717) is 6.54 Å². The number of nitrogens with one attached hydrogen (secondary N) is 1. The maximum atomic E-state index is 5.49. The predicted molar refractivity (Wildman–Crippen MR) is 117 cm³/mol. The van der Waals surface area contributed by atoms with E-state index in [1.807, 2.05) is 31.3 Å². The summed E-state index contributed by atoms with van der Waals surface area (Å²) in [5, 5.41) is 3.44. The lowest BCUT2D eigenvalue weighted by atomic mass is 9.99. The number of fused-ring (bicyclic) bond motifs is 1. The molecule has 1 aliphatic heterocycles. The molecule has 7 heteroatoms. The normalized spacial score (nSPS) is 13.7. The summed E-state index contributed by atoms with van der Waals surface area (Å²) in [6.45, 7) is 5.19. The largest absolute Gasteiger partial charge is 0.493 e. The molecule has 0 aliphatic carbocycles. The molecule has 0 saturated carbocycles. The number of pyridine rings is 1.